The first-order chi connectivity index (χ1) is 8.61. The van der Waals surface area contributed by atoms with E-state index in [4.69, 9.17) is 11.0 Å². The number of aryl methyl sites for hydroxylation is 1. The first kappa shape index (κ1) is 13.7. The van der Waals surface area contributed by atoms with E-state index in [2.05, 4.69) is 17.0 Å². The average molecular weight is 243 g/mol. The van der Waals surface area contributed by atoms with Gasteiger partial charge in [0.2, 0.25) is 0 Å². The van der Waals surface area contributed by atoms with Crippen LogP contribution in [0.2, 0.25) is 0 Å². The zero-order valence-electron chi connectivity index (χ0n) is 10.9. The Bertz CT molecular complexity index is 540. The fourth-order valence-corrected chi connectivity index (χ4v) is 1.40. The van der Waals surface area contributed by atoms with Gasteiger partial charge in [0.1, 0.15) is 23.3 Å². The molecule has 0 unspecified atom stereocenters. The summed E-state index contributed by atoms with van der Waals surface area (Å²) in [4.78, 5) is 4.21. The van der Waals surface area contributed by atoms with Gasteiger partial charge in [-0.25, -0.2) is 9.67 Å². The summed E-state index contributed by atoms with van der Waals surface area (Å²) >= 11 is 0. The number of nitrogens with zero attached hydrogens (tertiary/aromatic N) is 4. The molecule has 0 atom stereocenters. The molecule has 0 saturated carbocycles. The van der Waals surface area contributed by atoms with Crippen molar-refractivity contribution in [3.05, 3.63) is 35.7 Å². The topological polar surface area (TPSA) is 80.0 Å². The molecule has 1 aromatic rings. The lowest BCUT2D eigenvalue weighted by Crippen LogP contribution is -2.12. The Kier molecular flexibility index (Phi) is 4.88. The van der Waals surface area contributed by atoms with E-state index in [1.807, 2.05) is 24.3 Å². The molecule has 0 aliphatic heterocycles. The number of anilines is 1. The second kappa shape index (κ2) is 6.40. The highest BCUT2D eigenvalue weighted by atomic mass is 15.3. The van der Waals surface area contributed by atoms with E-state index in [1.165, 1.54) is 4.68 Å². The van der Waals surface area contributed by atoms with Crippen molar-refractivity contribution in [1.82, 2.24) is 9.78 Å². The molecule has 18 heavy (non-hydrogen) atoms. The maximum absolute atomic E-state index is 8.92. The predicted molar refractivity (Wildman–Crippen MR) is 73.2 cm³/mol. The van der Waals surface area contributed by atoms with Gasteiger partial charge in [-0.2, -0.15) is 10.4 Å². The molecule has 1 aromatic heterocycles. The Hall–Kier alpha value is -2.35. The lowest BCUT2D eigenvalue weighted by atomic mass is 10.3. The minimum absolute atomic E-state index is 0.328. The quantitative estimate of drug-likeness (QED) is 0.503. The van der Waals surface area contributed by atoms with Gasteiger partial charge in [-0.3, -0.25) is 0 Å². The van der Waals surface area contributed by atoms with Gasteiger partial charge in [-0.1, -0.05) is 19.1 Å². The minimum Gasteiger partial charge on any atom is -0.382 e. The van der Waals surface area contributed by atoms with Crippen LogP contribution in [0.5, 0.6) is 0 Å². The first-order valence-corrected chi connectivity index (χ1v) is 5.73. The Labute approximate surface area is 107 Å². The van der Waals surface area contributed by atoms with Crippen molar-refractivity contribution in [3.8, 4) is 6.07 Å². The normalized spacial score (nSPS) is 12.4. The minimum atomic E-state index is 0.328. The van der Waals surface area contributed by atoms with Crippen molar-refractivity contribution < 1.29 is 0 Å². The SMILES string of the molecule is CC/C=C/C=C\N=C(C)n1nc(C)c(C#N)c1N. The first-order valence-electron chi connectivity index (χ1n) is 5.73. The number of rotatable bonds is 3. The van der Waals surface area contributed by atoms with Crippen molar-refractivity contribution in [3.63, 3.8) is 0 Å². The molecule has 0 aliphatic carbocycles. The second-order valence-electron chi connectivity index (χ2n) is 3.72. The molecule has 0 saturated heterocycles. The standard InChI is InChI=1S/C13H17N5/c1-4-5-6-7-8-16-11(3)18-13(15)12(9-14)10(2)17-18/h5-8H,4,15H2,1-3H3/b6-5+,8-7-,16-11?. The van der Waals surface area contributed by atoms with E-state index in [0.717, 1.165) is 6.42 Å². The van der Waals surface area contributed by atoms with Gasteiger partial charge in [0.25, 0.3) is 0 Å². The van der Waals surface area contributed by atoms with Gasteiger partial charge >= 0.3 is 0 Å². The number of aliphatic imine (C=N–C) groups is 1. The number of nitriles is 1. The number of hydrogen-bond donors (Lipinski definition) is 1. The number of aromatic nitrogens is 2. The number of hydrogen-bond acceptors (Lipinski definition) is 4. The number of nitrogen functional groups attached to an aromatic ring is 1. The molecular weight excluding hydrogens is 226 g/mol. The van der Waals surface area contributed by atoms with Gasteiger partial charge in [0.15, 0.2) is 0 Å². The largest absolute Gasteiger partial charge is 0.382 e. The van der Waals surface area contributed by atoms with Crippen molar-refractivity contribution in [2.45, 2.75) is 27.2 Å². The Morgan fingerprint density at radius 1 is 1.56 bits per heavy atom. The van der Waals surface area contributed by atoms with Crippen LogP contribution >= 0.6 is 0 Å². The molecular formula is C13H17N5. The molecule has 2 N–H and O–H groups in total. The third-order valence-electron chi connectivity index (χ3n) is 2.34. The van der Waals surface area contributed by atoms with Gasteiger partial charge < -0.3 is 5.73 Å². The van der Waals surface area contributed by atoms with Crippen LogP contribution in [0.15, 0.2) is 29.4 Å². The average Bonchev–Trinajstić information content (AvgIpc) is 2.64. The predicted octanol–water partition coefficient (Wildman–Crippen LogP) is 2.39. The van der Waals surface area contributed by atoms with Crippen LogP contribution in [0, 0.1) is 18.3 Å². The summed E-state index contributed by atoms with van der Waals surface area (Å²) in [5.41, 5.74) is 6.84. The zero-order valence-corrected chi connectivity index (χ0v) is 10.9. The summed E-state index contributed by atoms with van der Waals surface area (Å²) in [6.07, 6.45) is 8.45. The van der Waals surface area contributed by atoms with Crippen LogP contribution < -0.4 is 5.73 Å². The Morgan fingerprint density at radius 2 is 2.28 bits per heavy atom. The highest BCUT2D eigenvalue weighted by molar-refractivity contribution is 5.85. The van der Waals surface area contributed by atoms with Crippen molar-refractivity contribution in [2.24, 2.45) is 4.99 Å². The van der Waals surface area contributed by atoms with Crippen molar-refractivity contribution in [2.75, 3.05) is 5.73 Å². The molecule has 0 amide bonds. The third-order valence-corrected chi connectivity index (χ3v) is 2.34. The highest BCUT2D eigenvalue weighted by Crippen LogP contribution is 2.14. The molecule has 0 radical (unpaired) electrons. The van der Waals surface area contributed by atoms with Crippen LogP contribution in [0.3, 0.4) is 0 Å². The van der Waals surface area contributed by atoms with Crippen molar-refractivity contribution in [1.29, 1.82) is 5.26 Å². The Morgan fingerprint density at radius 3 is 2.83 bits per heavy atom. The molecule has 0 bridgehead atoms. The molecule has 1 rings (SSSR count). The maximum atomic E-state index is 8.92. The second-order valence-corrected chi connectivity index (χ2v) is 3.72. The van der Waals surface area contributed by atoms with E-state index in [9.17, 15) is 0 Å². The molecule has 0 aliphatic rings. The summed E-state index contributed by atoms with van der Waals surface area (Å²) in [5, 5.41) is 13.1. The number of allylic oxidation sites excluding steroid dienone is 3. The van der Waals surface area contributed by atoms with Crippen LogP contribution in [-0.2, 0) is 0 Å². The summed E-state index contributed by atoms with van der Waals surface area (Å²) in [7, 11) is 0. The van der Waals surface area contributed by atoms with E-state index in [0.29, 0.717) is 22.9 Å². The molecule has 5 nitrogen and oxygen atoms in total. The smallest absolute Gasteiger partial charge is 0.146 e. The van der Waals surface area contributed by atoms with E-state index in [-0.39, 0.29) is 0 Å². The maximum Gasteiger partial charge on any atom is 0.146 e. The molecule has 0 spiro atoms. The molecule has 0 aromatic carbocycles. The van der Waals surface area contributed by atoms with Crippen LogP contribution in [0.4, 0.5) is 5.82 Å². The van der Waals surface area contributed by atoms with Gasteiger partial charge in [-0.05, 0) is 26.3 Å². The highest BCUT2D eigenvalue weighted by Gasteiger charge is 2.12. The lowest BCUT2D eigenvalue weighted by molar-refractivity contribution is 0.913. The molecule has 1 heterocycles. The molecule has 0 fully saturated rings. The fourth-order valence-electron chi connectivity index (χ4n) is 1.40. The zero-order chi connectivity index (χ0) is 13.5. The van der Waals surface area contributed by atoms with Crippen LogP contribution in [0.25, 0.3) is 0 Å². The fraction of sp³-hybridized carbons (Fsp3) is 0.308. The summed E-state index contributed by atoms with van der Waals surface area (Å²) in [6.45, 7) is 5.60. The van der Waals surface area contributed by atoms with Crippen LogP contribution in [0.1, 0.15) is 31.5 Å². The van der Waals surface area contributed by atoms with Crippen LogP contribution in [-0.4, -0.2) is 15.6 Å². The van der Waals surface area contributed by atoms with Gasteiger partial charge in [0, 0.05) is 6.20 Å². The van der Waals surface area contributed by atoms with Gasteiger partial charge in [0.05, 0.1) is 5.69 Å². The van der Waals surface area contributed by atoms with E-state index >= 15 is 0 Å². The number of nitrogens with two attached hydrogens (primary N) is 1. The third kappa shape index (κ3) is 3.08. The van der Waals surface area contributed by atoms with Gasteiger partial charge in [-0.15, -0.1) is 0 Å². The van der Waals surface area contributed by atoms with E-state index < -0.39 is 0 Å². The Balaban J connectivity index is 2.95. The monoisotopic (exact) mass is 243 g/mol. The van der Waals surface area contributed by atoms with E-state index in [1.54, 1.807) is 20.0 Å². The summed E-state index contributed by atoms with van der Waals surface area (Å²) in [5.74, 6) is 0.951. The summed E-state index contributed by atoms with van der Waals surface area (Å²) in [6, 6.07) is 2.03. The molecule has 5 heteroatoms. The summed E-state index contributed by atoms with van der Waals surface area (Å²) < 4.78 is 1.47. The van der Waals surface area contributed by atoms with Crippen molar-refractivity contribution >= 4 is 11.7 Å². The molecule has 94 valence electrons. The lowest BCUT2D eigenvalue weighted by Gasteiger charge is -2.00.